The average molecular weight is 295 g/mol. The Balaban J connectivity index is 2.07. The zero-order valence-corrected chi connectivity index (χ0v) is 12.5. The predicted molar refractivity (Wildman–Crippen MR) is 79.8 cm³/mol. The Morgan fingerprint density at radius 2 is 2.05 bits per heavy atom. The van der Waals surface area contributed by atoms with Crippen LogP contribution in [0.2, 0.25) is 0 Å². The number of benzene rings is 1. The van der Waals surface area contributed by atoms with Crippen molar-refractivity contribution in [1.29, 1.82) is 0 Å². The maximum atomic E-state index is 13.4. The summed E-state index contributed by atoms with van der Waals surface area (Å²) in [7, 11) is 0. The van der Waals surface area contributed by atoms with Gasteiger partial charge in [0.05, 0.1) is 6.61 Å². The van der Waals surface area contributed by atoms with Gasteiger partial charge in [0.25, 0.3) is 0 Å². The van der Waals surface area contributed by atoms with Crippen molar-refractivity contribution in [2.45, 2.75) is 19.9 Å². The first kappa shape index (κ1) is 15.6. The molecule has 0 radical (unpaired) electrons. The lowest BCUT2D eigenvalue weighted by molar-refractivity contribution is 0.105. The molecule has 1 atom stereocenters. The summed E-state index contributed by atoms with van der Waals surface area (Å²) in [5.74, 6) is -0.281. The number of hydrogen-bond acceptors (Lipinski definition) is 4. The second-order valence-electron chi connectivity index (χ2n) is 5.16. The topological polar surface area (TPSA) is 58.8 Å². The van der Waals surface area contributed by atoms with E-state index in [9.17, 15) is 9.18 Å². The molecular formula is C15H22FN3O2. The summed E-state index contributed by atoms with van der Waals surface area (Å²) in [5, 5.41) is 0. The molecule has 1 aromatic carbocycles. The third-order valence-corrected chi connectivity index (χ3v) is 3.63. The molecule has 1 aliphatic rings. The van der Waals surface area contributed by atoms with Crippen molar-refractivity contribution in [2.24, 2.45) is 5.73 Å². The van der Waals surface area contributed by atoms with Gasteiger partial charge in [0, 0.05) is 37.9 Å². The Kier molecular flexibility index (Phi) is 5.01. The number of halogens is 1. The van der Waals surface area contributed by atoms with E-state index in [0.717, 1.165) is 11.3 Å². The van der Waals surface area contributed by atoms with Crippen LogP contribution in [0.3, 0.4) is 0 Å². The fraction of sp³-hybridized carbons (Fsp3) is 0.533. The summed E-state index contributed by atoms with van der Waals surface area (Å²) in [6, 6.07) is 4.45. The van der Waals surface area contributed by atoms with Gasteiger partial charge in [0.2, 0.25) is 0 Å². The molecule has 1 saturated heterocycles. The second kappa shape index (κ2) is 6.76. The third kappa shape index (κ3) is 3.64. The van der Waals surface area contributed by atoms with Crippen LogP contribution < -0.4 is 10.6 Å². The standard InChI is InChI=1S/C15H22FN3O2/c1-3-21-15(20)19-8-6-18(7-9-19)14-5-4-12(16)10-13(14)11(2)17/h4-5,10-11H,3,6-9,17H2,1-2H3. The number of anilines is 1. The molecule has 1 aliphatic heterocycles. The number of rotatable bonds is 3. The monoisotopic (exact) mass is 295 g/mol. The van der Waals surface area contributed by atoms with Gasteiger partial charge in [-0.25, -0.2) is 9.18 Å². The Labute approximate surface area is 124 Å². The highest BCUT2D eigenvalue weighted by molar-refractivity contribution is 5.68. The van der Waals surface area contributed by atoms with E-state index in [1.807, 2.05) is 6.92 Å². The summed E-state index contributed by atoms with van der Waals surface area (Å²) in [5.41, 5.74) is 7.66. The lowest BCUT2D eigenvalue weighted by Gasteiger charge is -2.36. The first-order valence-electron chi connectivity index (χ1n) is 7.24. The molecule has 1 fully saturated rings. The molecule has 0 spiro atoms. The van der Waals surface area contributed by atoms with Crippen LogP contribution in [0, 0.1) is 5.82 Å². The van der Waals surface area contributed by atoms with Gasteiger partial charge in [-0.3, -0.25) is 0 Å². The Morgan fingerprint density at radius 3 is 2.62 bits per heavy atom. The predicted octanol–water partition coefficient (Wildman–Crippen LogP) is 2.12. The van der Waals surface area contributed by atoms with Crippen molar-refractivity contribution in [3.8, 4) is 0 Å². The molecule has 0 aliphatic carbocycles. The smallest absolute Gasteiger partial charge is 0.409 e. The maximum absolute atomic E-state index is 13.4. The Bertz CT molecular complexity index is 500. The number of piperazine rings is 1. The fourth-order valence-electron chi connectivity index (χ4n) is 2.52. The van der Waals surface area contributed by atoms with Crippen molar-refractivity contribution < 1.29 is 13.9 Å². The minimum absolute atomic E-state index is 0.237. The largest absolute Gasteiger partial charge is 0.450 e. The first-order chi connectivity index (χ1) is 10.0. The number of hydrogen-bond donors (Lipinski definition) is 1. The van der Waals surface area contributed by atoms with E-state index < -0.39 is 0 Å². The molecule has 2 rings (SSSR count). The fourth-order valence-corrected chi connectivity index (χ4v) is 2.52. The first-order valence-corrected chi connectivity index (χ1v) is 7.24. The Morgan fingerprint density at radius 1 is 1.38 bits per heavy atom. The molecule has 1 aromatic rings. The van der Waals surface area contributed by atoms with E-state index in [1.54, 1.807) is 17.9 Å². The number of nitrogens with zero attached hydrogens (tertiary/aromatic N) is 2. The molecular weight excluding hydrogens is 273 g/mol. The number of carbonyl (C=O) groups excluding carboxylic acids is 1. The van der Waals surface area contributed by atoms with Crippen molar-refractivity contribution in [3.63, 3.8) is 0 Å². The quantitative estimate of drug-likeness (QED) is 0.928. The highest BCUT2D eigenvalue weighted by Crippen LogP contribution is 2.27. The molecule has 1 heterocycles. The highest BCUT2D eigenvalue weighted by atomic mass is 19.1. The van der Waals surface area contributed by atoms with Gasteiger partial charge in [0.15, 0.2) is 0 Å². The van der Waals surface area contributed by atoms with Crippen LogP contribution in [0.4, 0.5) is 14.9 Å². The van der Waals surface area contributed by atoms with E-state index in [0.29, 0.717) is 32.8 Å². The van der Waals surface area contributed by atoms with Crippen LogP contribution in [0.25, 0.3) is 0 Å². The van der Waals surface area contributed by atoms with E-state index in [1.165, 1.54) is 12.1 Å². The van der Waals surface area contributed by atoms with Gasteiger partial charge < -0.3 is 20.3 Å². The molecule has 0 saturated carbocycles. The van der Waals surface area contributed by atoms with Gasteiger partial charge in [-0.05, 0) is 37.6 Å². The van der Waals surface area contributed by atoms with Crippen LogP contribution in [-0.4, -0.2) is 43.8 Å². The number of nitrogens with two attached hydrogens (primary N) is 1. The molecule has 1 amide bonds. The normalized spacial score (nSPS) is 16.8. The molecule has 116 valence electrons. The van der Waals surface area contributed by atoms with Gasteiger partial charge in [-0.2, -0.15) is 0 Å². The summed E-state index contributed by atoms with van der Waals surface area (Å²) in [6.07, 6.45) is -0.274. The molecule has 21 heavy (non-hydrogen) atoms. The second-order valence-corrected chi connectivity index (χ2v) is 5.16. The van der Waals surface area contributed by atoms with Crippen molar-refractivity contribution >= 4 is 11.8 Å². The molecule has 6 heteroatoms. The molecule has 0 aromatic heterocycles. The zero-order chi connectivity index (χ0) is 15.4. The minimum atomic E-state index is -0.281. The van der Waals surface area contributed by atoms with Crippen molar-refractivity contribution in [3.05, 3.63) is 29.6 Å². The minimum Gasteiger partial charge on any atom is -0.450 e. The van der Waals surface area contributed by atoms with E-state index in [4.69, 9.17) is 10.5 Å². The number of carbonyl (C=O) groups is 1. The molecule has 2 N–H and O–H groups in total. The van der Waals surface area contributed by atoms with E-state index >= 15 is 0 Å². The SMILES string of the molecule is CCOC(=O)N1CCN(c2ccc(F)cc2C(C)N)CC1. The number of ether oxygens (including phenoxy) is 1. The van der Waals surface area contributed by atoms with E-state index in [-0.39, 0.29) is 18.0 Å². The van der Waals surface area contributed by atoms with Crippen molar-refractivity contribution in [2.75, 3.05) is 37.7 Å². The van der Waals surface area contributed by atoms with Crippen molar-refractivity contribution in [1.82, 2.24) is 4.90 Å². The third-order valence-electron chi connectivity index (χ3n) is 3.63. The zero-order valence-electron chi connectivity index (χ0n) is 12.5. The highest BCUT2D eigenvalue weighted by Gasteiger charge is 2.24. The molecule has 5 nitrogen and oxygen atoms in total. The van der Waals surface area contributed by atoms with Crippen LogP contribution in [-0.2, 0) is 4.74 Å². The maximum Gasteiger partial charge on any atom is 0.409 e. The molecule has 1 unspecified atom stereocenters. The summed E-state index contributed by atoms with van der Waals surface area (Å²) in [6.45, 7) is 6.57. The average Bonchev–Trinajstić information content (AvgIpc) is 2.47. The summed E-state index contributed by atoms with van der Waals surface area (Å²) < 4.78 is 18.4. The Hall–Kier alpha value is -1.82. The van der Waals surface area contributed by atoms with Crippen LogP contribution in [0.15, 0.2) is 18.2 Å². The van der Waals surface area contributed by atoms with Crippen LogP contribution >= 0.6 is 0 Å². The van der Waals surface area contributed by atoms with Gasteiger partial charge in [-0.15, -0.1) is 0 Å². The lowest BCUT2D eigenvalue weighted by atomic mass is 10.0. The van der Waals surface area contributed by atoms with Crippen LogP contribution in [0.1, 0.15) is 25.5 Å². The summed E-state index contributed by atoms with van der Waals surface area (Å²) in [4.78, 5) is 15.5. The van der Waals surface area contributed by atoms with Crippen LogP contribution in [0.5, 0.6) is 0 Å². The number of amides is 1. The van der Waals surface area contributed by atoms with E-state index in [2.05, 4.69) is 4.90 Å². The van der Waals surface area contributed by atoms with Gasteiger partial charge >= 0.3 is 6.09 Å². The van der Waals surface area contributed by atoms with Gasteiger partial charge in [-0.1, -0.05) is 0 Å². The van der Waals surface area contributed by atoms with Gasteiger partial charge in [0.1, 0.15) is 5.82 Å². The molecule has 0 bridgehead atoms. The lowest BCUT2D eigenvalue weighted by Crippen LogP contribution is -2.49. The summed E-state index contributed by atoms with van der Waals surface area (Å²) >= 11 is 0.